The Morgan fingerprint density at radius 1 is 1.39 bits per heavy atom. The van der Waals surface area contributed by atoms with Crippen molar-refractivity contribution >= 4 is 28.8 Å². The van der Waals surface area contributed by atoms with E-state index in [0.29, 0.717) is 17.6 Å². The summed E-state index contributed by atoms with van der Waals surface area (Å²) in [5, 5.41) is 5.86. The number of amides is 1. The first kappa shape index (κ1) is 16.5. The van der Waals surface area contributed by atoms with Gasteiger partial charge in [0.15, 0.2) is 0 Å². The SMILES string of the molecule is C[C@H](C(=O)NCc1ccc(Cl)cc1)N1CCC[C@@H]1c1cccs1. The van der Waals surface area contributed by atoms with E-state index in [1.54, 1.807) is 11.3 Å². The van der Waals surface area contributed by atoms with E-state index < -0.39 is 0 Å². The fourth-order valence-corrected chi connectivity index (χ4v) is 4.14. The first-order chi connectivity index (χ1) is 11.1. The second-order valence-electron chi connectivity index (χ2n) is 5.93. The van der Waals surface area contributed by atoms with Crippen molar-refractivity contribution in [2.24, 2.45) is 0 Å². The molecule has 1 saturated heterocycles. The fourth-order valence-electron chi connectivity index (χ4n) is 3.13. The van der Waals surface area contributed by atoms with E-state index in [4.69, 9.17) is 11.6 Å². The maximum atomic E-state index is 12.5. The van der Waals surface area contributed by atoms with Crippen LogP contribution in [0.4, 0.5) is 0 Å². The summed E-state index contributed by atoms with van der Waals surface area (Å²) in [6.07, 6.45) is 2.28. The Morgan fingerprint density at radius 3 is 2.87 bits per heavy atom. The molecule has 0 unspecified atom stereocenters. The highest BCUT2D eigenvalue weighted by Crippen LogP contribution is 2.35. The van der Waals surface area contributed by atoms with Gasteiger partial charge in [-0.05, 0) is 55.5 Å². The number of nitrogens with one attached hydrogen (secondary N) is 1. The van der Waals surface area contributed by atoms with Crippen molar-refractivity contribution in [1.82, 2.24) is 10.2 Å². The summed E-state index contributed by atoms with van der Waals surface area (Å²) < 4.78 is 0. The lowest BCUT2D eigenvalue weighted by Crippen LogP contribution is -2.44. The second-order valence-corrected chi connectivity index (χ2v) is 7.35. The lowest BCUT2D eigenvalue weighted by Gasteiger charge is -2.29. The number of carbonyl (C=O) groups is 1. The van der Waals surface area contributed by atoms with Crippen LogP contribution in [0.5, 0.6) is 0 Å². The number of nitrogens with zero attached hydrogens (tertiary/aromatic N) is 1. The minimum absolute atomic E-state index is 0.0865. The first-order valence-corrected chi connectivity index (χ1v) is 9.22. The molecular formula is C18H21ClN2OS. The van der Waals surface area contributed by atoms with Gasteiger partial charge < -0.3 is 5.32 Å². The number of rotatable bonds is 5. The molecule has 2 aromatic rings. The van der Waals surface area contributed by atoms with Crippen LogP contribution in [-0.2, 0) is 11.3 Å². The lowest BCUT2D eigenvalue weighted by molar-refractivity contribution is -0.126. The molecule has 0 bridgehead atoms. The predicted octanol–water partition coefficient (Wildman–Crippen LogP) is 4.24. The van der Waals surface area contributed by atoms with Crippen molar-refractivity contribution in [3.8, 4) is 0 Å². The summed E-state index contributed by atoms with van der Waals surface area (Å²) in [6, 6.07) is 12.1. The van der Waals surface area contributed by atoms with Gasteiger partial charge in [0, 0.05) is 22.5 Å². The minimum atomic E-state index is -0.114. The number of likely N-dealkylation sites (tertiary alicyclic amines) is 1. The normalized spacial score (nSPS) is 19.7. The van der Waals surface area contributed by atoms with E-state index in [1.165, 1.54) is 4.88 Å². The molecule has 0 aliphatic carbocycles. The number of hydrogen-bond donors (Lipinski definition) is 1. The summed E-state index contributed by atoms with van der Waals surface area (Å²) in [4.78, 5) is 16.2. The van der Waals surface area contributed by atoms with Gasteiger partial charge in [0.25, 0.3) is 0 Å². The van der Waals surface area contributed by atoms with Crippen LogP contribution in [0.2, 0.25) is 5.02 Å². The van der Waals surface area contributed by atoms with Crippen LogP contribution in [0.3, 0.4) is 0 Å². The quantitative estimate of drug-likeness (QED) is 0.876. The molecule has 1 aliphatic heterocycles. The highest BCUT2D eigenvalue weighted by atomic mass is 35.5. The van der Waals surface area contributed by atoms with Gasteiger partial charge in [-0.25, -0.2) is 0 Å². The molecule has 23 heavy (non-hydrogen) atoms. The van der Waals surface area contributed by atoms with Crippen LogP contribution in [0.25, 0.3) is 0 Å². The Balaban J connectivity index is 1.59. The molecule has 5 heteroatoms. The van der Waals surface area contributed by atoms with Gasteiger partial charge >= 0.3 is 0 Å². The van der Waals surface area contributed by atoms with E-state index in [-0.39, 0.29) is 11.9 Å². The van der Waals surface area contributed by atoms with Crippen molar-refractivity contribution in [2.75, 3.05) is 6.54 Å². The second kappa shape index (κ2) is 7.47. The van der Waals surface area contributed by atoms with E-state index >= 15 is 0 Å². The molecule has 1 fully saturated rings. The van der Waals surface area contributed by atoms with Crippen LogP contribution >= 0.6 is 22.9 Å². The van der Waals surface area contributed by atoms with Gasteiger partial charge in [0.1, 0.15) is 0 Å². The Bertz CT molecular complexity index is 642. The monoisotopic (exact) mass is 348 g/mol. The van der Waals surface area contributed by atoms with Crippen molar-refractivity contribution in [1.29, 1.82) is 0 Å². The third-order valence-corrected chi connectivity index (χ3v) is 5.65. The van der Waals surface area contributed by atoms with Crippen molar-refractivity contribution in [2.45, 2.75) is 38.4 Å². The van der Waals surface area contributed by atoms with Crippen molar-refractivity contribution in [3.05, 3.63) is 57.2 Å². The third-order valence-electron chi connectivity index (χ3n) is 4.42. The van der Waals surface area contributed by atoms with Crippen LogP contribution in [0.1, 0.15) is 36.2 Å². The highest BCUT2D eigenvalue weighted by Gasteiger charge is 2.33. The summed E-state index contributed by atoms with van der Waals surface area (Å²) >= 11 is 7.66. The van der Waals surface area contributed by atoms with Crippen molar-refractivity contribution in [3.63, 3.8) is 0 Å². The largest absolute Gasteiger partial charge is 0.351 e. The van der Waals surface area contributed by atoms with Gasteiger partial charge in [-0.3, -0.25) is 9.69 Å². The number of carbonyl (C=O) groups excluding carboxylic acids is 1. The molecule has 0 radical (unpaired) electrons. The topological polar surface area (TPSA) is 32.3 Å². The number of halogens is 1. The van der Waals surface area contributed by atoms with Crippen LogP contribution in [-0.4, -0.2) is 23.4 Å². The number of thiophene rings is 1. The standard InChI is InChI=1S/C18H21ClN2OS/c1-13(18(22)20-12-14-6-8-15(19)9-7-14)21-10-2-4-16(21)17-5-3-11-23-17/h3,5-9,11,13,16H,2,4,10,12H2,1H3,(H,20,22)/t13-,16-/m1/s1. The van der Waals surface area contributed by atoms with Gasteiger partial charge in [-0.1, -0.05) is 29.8 Å². The zero-order valence-corrected chi connectivity index (χ0v) is 14.7. The number of benzene rings is 1. The van der Waals surface area contributed by atoms with Crippen LogP contribution in [0.15, 0.2) is 41.8 Å². The molecule has 1 aromatic carbocycles. The lowest BCUT2D eigenvalue weighted by atomic mass is 10.1. The van der Waals surface area contributed by atoms with E-state index in [1.807, 2.05) is 31.2 Å². The first-order valence-electron chi connectivity index (χ1n) is 7.96. The van der Waals surface area contributed by atoms with Gasteiger partial charge in [0.2, 0.25) is 5.91 Å². The summed E-state index contributed by atoms with van der Waals surface area (Å²) in [6.45, 7) is 3.53. The Hall–Kier alpha value is -1.36. The van der Waals surface area contributed by atoms with E-state index in [0.717, 1.165) is 24.9 Å². The Morgan fingerprint density at radius 2 is 2.17 bits per heavy atom. The van der Waals surface area contributed by atoms with Gasteiger partial charge in [-0.15, -0.1) is 11.3 Å². The third kappa shape index (κ3) is 3.94. The minimum Gasteiger partial charge on any atom is -0.351 e. The highest BCUT2D eigenvalue weighted by molar-refractivity contribution is 7.10. The fraction of sp³-hybridized carbons (Fsp3) is 0.389. The maximum Gasteiger partial charge on any atom is 0.237 e. The zero-order chi connectivity index (χ0) is 16.2. The van der Waals surface area contributed by atoms with E-state index in [2.05, 4.69) is 27.7 Å². The van der Waals surface area contributed by atoms with Crippen LogP contribution in [0, 0.1) is 0 Å². The number of hydrogen-bond acceptors (Lipinski definition) is 3. The molecule has 0 saturated carbocycles. The molecular weight excluding hydrogens is 328 g/mol. The van der Waals surface area contributed by atoms with E-state index in [9.17, 15) is 4.79 Å². The smallest absolute Gasteiger partial charge is 0.237 e. The molecule has 2 atom stereocenters. The average molecular weight is 349 g/mol. The maximum absolute atomic E-state index is 12.5. The van der Waals surface area contributed by atoms with Crippen molar-refractivity contribution < 1.29 is 4.79 Å². The van der Waals surface area contributed by atoms with Gasteiger partial charge in [-0.2, -0.15) is 0 Å². The average Bonchev–Trinajstić information content (AvgIpc) is 3.23. The molecule has 3 rings (SSSR count). The molecule has 1 aliphatic rings. The van der Waals surface area contributed by atoms with Crippen LogP contribution < -0.4 is 5.32 Å². The molecule has 122 valence electrons. The molecule has 1 aromatic heterocycles. The molecule has 2 heterocycles. The Kier molecular flexibility index (Phi) is 5.36. The van der Waals surface area contributed by atoms with Gasteiger partial charge in [0.05, 0.1) is 6.04 Å². The molecule has 1 N–H and O–H groups in total. The predicted molar refractivity (Wildman–Crippen MR) is 95.8 cm³/mol. The summed E-state index contributed by atoms with van der Waals surface area (Å²) in [5.41, 5.74) is 1.06. The Labute approximate surface area is 146 Å². The molecule has 3 nitrogen and oxygen atoms in total. The summed E-state index contributed by atoms with van der Waals surface area (Å²) in [7, 11) is 0. The summed E-state index contributed by atoms with van der Waals surface area (Å²) in [5.74, 6) is 0.0865. The zero-order valence-electron chi connectivity index (χ0n) is 13.2. The molecule has 1 amide bonds. The molecule has 0 spiro atoms.